The molecule has 1 aromatic carbocycles. The Balaban J connectivity index is 3.19. The van der Waals surface area contributed by atoms with Crippen molar-refractivity contribution in [1.82, 2.24) is 0 Å². The van der Waals surface area contributed by atoms with Crippen LogP contribution in [0.4, 0.5) is 0 Å². The summed E-state index contributed by atoms with van der Waals surface area (Å²) in [5, 5.41) is 9.12. The number of amides is 1. The third-order valence-electron chi connectivity index (χ3n) is 1.83. The standard InChI is InChI=1S/C11H9ClN2O2/c1-16-10-4-7(3-9(12)5-10)2-8(6-13)11(14)15/h2-5H,1H3,(H2,14,15)/b8-2+. The molecule has 0 heterocycles. The van der Waals surface area contributed by atoms with Crippen molar-refractivity contribution in [1.29, 1.82) is 5.26 Å². The summed E-state index contributed by atoms with van der Waals surface area (Å²) in [5.41, 5.74) is 5.46. The van der Waals surface area contributed by atoms with Crippen LogP contribution >= 0.6 is 11.6 Å². The average molecular weight is 237 g/mol. The highest BCUT2D eigenvalue weighted by Gasteiger charge is 2.04. The Bertz CT molecular complexity index is 489. The maximum absolute atomic E-state index is 10.8. The molecule has 0 radical (unpaired) electrons. The molecule has 16 heavy (non-hydrogen) atoms. The second-order valence-electron chi connectivity index (χ2n) is 2.96. The van der Waals surface area contributed by atoms with Gasteiger partial charge in [0.1, 0.15) is 17.4 Å². The van der Waals surface area contributed by atoms with Crippen molar-refractivity contribution >= 4 is 23.6 Å². The Hall–Kier alpha value is -1.99. The van der Waals surface area contributed by atoms with Crippen molar-refractivity contribution in [2.24, 2.45) is 5.73 Å². The topological polar surface area (TPSA) is 76.1 Å². The maximum Gasteiger partial charge on any atom is 0.259 e. The lowest BCUT2D eigenvalue weighted by Gasteiger charge is -2.02. The fraction of sp³-hybridized carbons (Fsp3) is 0.0909. The molecule has 0 spiro atoms. The number of hydrogen-bond donors (Lipinski definition) is 1. The van der Waals surface area contributed by atoms with E-state index in [9.17, 15) is 4.79 Å². The fourth-order valence-corrected chi connectivity index (χ4v) is 1.34. The number of rotatable bonds is 3. The van der Waals surface area contributed by atoms with E-state index in [-0.39, 0.29) is 5.57 Å². The number of ether oxygens (including phenoxy) is 1. The van der Waals surface area contributed by atoms with Gasteiger partial charge in [0.05, 0.1) is 7.11 Å². The lowest BCUT2D eigenvalue weighted by atomic mass is 10.1. The zero-order valence-corrected chi connectivity index (χ0v) is 9.28. The molecule has 0 saturated heterocycles. The zero-order chi connectivity index (χ0) is 12.1. The van der Waals surface area contributed by atoms with Crippen LogP contribution in [0.15, 0.2) is 23.8 Å². The second-order valence-corrected chi connectivity index (χ2v) is 3.39. The van der Waals surface area contributed by atoms with Gasteiger partial charge in [0.25, 0.3) is 5.91 Å². The van der Waals surface area contributed by atoms with Gasteiger partial charge in [-0.3, -0.25) is 4.79 Å². The lowest BCUT2D eigenvalue weighted by molar-refractivity contribution is -0.114. The van der Waals surface area contributed by atoms with Crippen LogP contribution in [0.2, 0.25) is 5.02 Å². The van der Waals surface area contributed by atoms with E-state index in [1.807, 2.05) is 0 Å². The summed E-state index contributed by atoms with van der Waals surface area (Å²) in [7, 11) is 1.50. The van der Waals surface area contributed by atoms with Gasteiger partial charge >= 0.3 is 0 Å². The van der Waals surface area contributed by atoms with Crippen molar-refractivity contribution in [3.8, 4) is 11.8 Å². The molecule has 0 unspecified atom stereocenters. The number of benzene rings is 1. The monoisotopic (exact) mass is 236 g/mol. The van der Waals surface area contributed by atoms with E-state index >= 15 is 0 Å². The van der Waals surface area contributed by atoms with E-state index < -0.39 is 5.91 Å². The van der Waals surface area contributed by atoms with Gasteiger partial charge in [-0.2, -0.15) is 5.26 Å². The van der Waals surface area contributed by atoms with Crippen molar-refractivity contribution < 1.29 is 9.53 Å². The van der Waals surface area contributed by atoms with Gasteiger partial charge in [0.2, 0.25) is 0 Å². The van der Waals surface area contributed by atoms with Gasteiger partial charge in [-0.05, 0) is 29.8 Å². The van der Waals surface area contributed by atoms with Crippen LogP contribution in [-0.4, -0.2) is 13.0 Å². The number of methoxy groups -OCH3 is 1. The third-order valence-corrected chi connectivity index (χ3v) is 2.04. The second kappa shape index (κ2) is 5.19. The van der Waals surface area contributed by atoms with Crippen LogP contribution in [0.3, 0.4) is 0 Å². The Morgan fingerprint density at radius 1 is 1.56 bits per heavy atom. The normalized spacial score (nSPS) is 10.7. The van der Waals surface area contributed by atoms with E-state index in [2.05, 4.69) is 0 Å². The smallest absolute Gasteiger partial charge is 0.259 e. The van der Waals surface area contributed by atoms with Crippen LogP contribution in [0.1, 0.15) is 5.56 Å². The van der Waals surface area contributed by atoms with E-state index in [1.165, 1.54) is 13.2 Å². The van der Waals surface area contributed by atoms with Crippen LogP contribution < -0.4 is 10.5 Å². The largest absolute Gasteiger partial charge is 0.497 e. The first kappa shape index (κ1) is 12.1. The van der Waals surface area contributed by atoms with Crippen LogP contribution in [0.5, 0.6) is 5.75 Å². The molecule has 4 nitrogen and oxygen atoms in total. The Kier molecular flexibility index (Phi) is 3.92. The molecule has 0 aliphatic carbocycles. The molecule has 1 aromatic rings. The molecule has 0 saturated carbocycles. The first-order valence-corrected chi connectivity index (χ1v) is 4.71. The molecular weight excluding hydrogens is 228 g/mol. The van der Waals surface area contributed by atoms with E-state index in [1.54, 1.807) is 24.3 Å². The molecule has 2 N–H and O–H groups in total. The number of carbonyl (C=O) groups excluding carboxylic acids is 1. The van der Waals surface area contributed by atoms with Crippen molar-refractivity contribution in [2.45, 2.75) is 0 Å². The third kappa shape index (κ3) is 3.01. The minimum Gasteiger partial charge on any atom is -0.497 e. The number of nitrogens with zero attached hydrogens (tertiary/aromatic N) is 1. The summed E-state index contributed by atoms with van der Waals surface area (Å²) in [4.78, 5) is 10.8. The molecule has 0 aliphatic heterocycles. The summed E-state index contributed by atoms with van der Waals surface area (Å²) >= 11 is 5.83. The highest BCUT2D eigenvalue weighted by atomic mass is 35.5. The van der Waals surface area contributed by atoms with Gasteiger partial charge < -0.3 is 10.5 Å². The number of carbonyl (C=O) groups is 1. The summed E-state index contributed by atoms with van der Waals surface area (Å²) in [6, 6.07) is 6.58. The van der Waals surface area contributed by atoms with Crippen molar-refractivity contribution in [3.05, 3.63) is 34.4 Å². The first-order valence-electron chi connectivity index (χ1n) is 4.33. The zero-order valence-electron chi connectivity index (χ0n) is 8.53. The Labute approximate surface area is 97.9 Å². The molecule has 0 fully saturated rings. The molecule has 1 amide bonds. The van der Waals surface area contributed by atoms with Gasteiger partial charge in [-0.1, -0.05) is 11.6 Å². The molecular formula is C11H9ClN2O2. The molecule has 1 rings (SSSR count). The maximum atomic E-state index is 10.8. The Morgan fingerprint density at radius 3 is 2.75 bits per heavy atom. The molecule has 0 aliphatic rings. The minimum atomic E-state index is -0.776. The summed E-state index contributed by atoms with van der Waals surface area (Å²) in [6.07, 6.45) is 1.36. The van der Waals surface area contributed by atoms with Crippen LogP contribution in [-0.2, 0) is 4.79 Å². The molecule has 0 bridgehead atoms. The summed E-state index contributed by atoms with van der Waals surface area (Å²) < 4.78 is 5.00. The van der Waals surface area contributed by atoms with Gasteiger partial charge in [-0.25, -0.2) is 0 Å². The molecule has 5 heteroatoms. The quantitative estimate of drug-likeness (QED) is 0.642. The summed E-state index contributed by atoms with van der Waals surface area (Å²) in [5.74, 6) is -0.234. The van der Waals surface area contributed by atoms with Crippen molar-refractivity contribution in [2.75, 3.05) is 7.11 Å². The predicted octanol–water partition coefficient (Wildman–Crippen LogP) is 1.74. The predicted molar refractivity (Wildman–Crippen MR) is 60.8 cm³/mol. The highest BCUT2D eigenvalue weighted by Crippen LogP contribution is 2.22. The lowest BCUT2D eigenvalue weighted by Crippen LogP contribution is -2.12. The van der Waals surface area contributed by atoms with Gasteiger partial charge in [-0.15, -0.1) is 0 Å². The highest BCUT2D eigenvalue weighted by molar-refractivity contribution is 6.30. The fourth-order valence-electron chi connectivity index (χ4n) is 1.11. The van der Waals surface area contributed by atoms with Crippen LogP contribution in [0.25, 0.3) is 6.08 Å². The molecule has 0 atom stereocenters. The van der Waals surface area contributed by atoms with Gasteiger partial charge in [0.15, 0.2) is 0 Å². The van der Waals surface area contributed by atoms with Crippen molar-refractivity contribution in [3.63, 3.8) is 0 Å². The number of nitrogens with two attached hydrogens (primary N) is 1. The SMILES string of the molecule is COc1cc(Cl)cc(/C=C(\C#N)C(N)=O)c1. The van der Waals surface area contributed by atoms with Gasteiger partial charge in [0, 0.05) is 5.02 Å². The van der Waals surface area contributed by atoms with E-state index in [0.717, 1.165) is 0 Å². The van der Waals surface area contributed by atoms with Crippen LogP contribution in [0, 0.1) is 11.3 Å². The molecule has 0 aromatic heterocycles. The molecule has 82 valence electrons. The number of halogens is 1. The minimum absolute atomic E-state index is 0.135. The van der Waals surface area contributed by atoms with E-state index in [0.29, 0.717) is 16.3 Å². The number of primary amides is 1. The summed E-state index contributed by atoms with van der Waals surface area (Å²) in [6.45, 7) is 0. The first-order chi connectivity index (χ1) is 7.56. The van der Waals surface area contributed by atoms with E-state index in [4.69, 9.17) is 27.3 Å². The number of nitriles is 1. The average Bonchev–Trinajstić information content (AvgIpc) is 2.24. The Morgan fingerprint density at radius 2 is 2.25 bits per heavy atom. The number of hydrogen-bond acceptors (Lipinski definition) is 3.